The Kier molecular flexibility index (Phi) is 8.74. The number of nitrogens with zero attached hydrogens (tertiary/aromatic N) is 3. The molecular weight excluding hydrogens is 545 g/mol. The van der Waals surface area contributed by atoms with E-state index in [2.05, 4.69) is 25.2 Å². The van der Waals surface area contributed by atoms with Crippen molar-refractivity contribution in [1.29, 1.82) is 0 Å². The van der Waals surface area contributed by atoms with Crippen molar-refractivity contribution in [2.75, 3.05) is 20.3 Å². The number of hydrogen-bond acceptors (Lipinski definition) is 9. The molecular formula is C28H27F3N4O6. The summed E-state index contributed by atoms with van der Waals surface area (Å²) in [5, 5.41) is 7.07. The second-order valence-electron chi connectivity index (χ2n) is 9.26. The highest BCUT2D eigenvalue weighted by Crippen LogP contribution is 2.36. The number of ether oxygens (including phenoxy) is 3. The van der Waals surface area contributed by atoms with Crippen LogP contribution in [0.25, 0.3) is 0 Å². The Morgan fingerprint density at radius 2 is 1.71 bits per heavy atom. The number of carbonyl (C=O) groups excluding carboxylic acids is 2. The van der Waals surface area contributed by atoms with Gasteiger partial charge in [0.05, 0.1) is 12.8 Å². The monoisotopic (exact) mass is 572 g/mol. The molecule has 1 aliphatic heterocycles. The lowest BCUT2D eigenvalue weighted by atomic mass is 9.90. The third-order valence-electron chi connectivity index (χ3n) is 6.12. The molecule has 0 radical (unpaired) electrons. The minimum atomic E-state index is -5.05. The number of carbonyl (C=O) groups is 2. The molecule has 13 heteroatoms. The molecule has 2 heterocycles. The normalized spacial score (nSPS) is 16.4. The summed E-state index contributed by atoms with van der Waals surface area (Å²) in [6, 6.07) is 15.6. The SMILES string of the molecule is COc1ccc(CNC(=O)c2cc(C3=NOC(C)(c4ccc(OCCOC(=O)C(F)(F)F)cc4)C3)nc(C)n2)cc1. The van der Waals surface area contributed by atoms with E-state index in [1.807, 2.05) is 31.2 Å². The van der Waals surface area contributed by atoms with Gasteiger partial charge in [-0.2, -0.15) is 13.2 Å². The van der Waals surface area contributed by atoms with Crippen molar-refractivity contribution in [3.63, 3.8) is 0 Å². The summed E-state index contributed by atoms with van der Waals surface area (Å²) in [7, 11) is 1.58. The van der Waals surface area contributed by atoms with Crippen LogP contribution < -0.4 is 14.8 Å². The van der Waals surface area contributed by atoms with E-state index in [9.17, 15) is 22.8 Å². The van der Waals surface area contributed by atoms with Gasteiger partial charge in [0.1, 0.15) is 41.9 Å². The van der Waals surface area contributed by atoms with Crippen LogP contribution in [0.5, 0.6) is 11.5 Å². The Bertz CT molecular complexity index is 1430. The first-order valence-electron chi connectivity index (χ1n) is 12.5. The van der Waals surface area contributed by atoms with E-state index in [4.69, 9.17) is 14.3 Å². The Balaban J connectivity index is 1.34. The summed E-state index contributed by atoms with van der Waals surface area (Å²) in [6.07, 6.45) is -4.69. The first kappa shape index (κ1) is 29.3. The van der Waals surface area contributed by atoms with Crippen LogP contribution in [0.4, 0.5) is 13.2 Å². The minimum absolute atomic E-state index is 0.194. The number of amides is 1. The zero-order chi connectivity index (χ0) is 29.6. The first-order chi connectivity index (χ1) is 19.5. The number of hydrogen-bond donors (Lipinski definition) is 1. The summed E-state index contributed by atoms with van der Waals surface area (Å²) in [6.45, 7) is 3.04. The lowest BCUT2D eigenvalue weighted by Gasteiger charge is -2.22. The van der Waals surface area contributed by atoms with Crippen molar-refractivity contribution < 1.29 is 41.8 Å². The number of rotatable bonds is 10. The molecule has 0 spiro atoms. The molecule has 2 aromatic carbocycles. The highest BCUT2D eigenvalue weighted by Gasteiger charge is 2.41. The van der Waals surface area contributed by atoms with Gasteiger partial charge in [0.15, 0.2) is 5.60 Å². The predicted octanol–water partition coefficient (Wildman–Crippen LogP) is 4.25. The lowest BCUT2D eigenvalue weighted by molar-refractivity contribution is -0.200. The molecule has 0 saturated carbocycles. The molecule has 1 aliphatic rings. The topological polar surface area (TPSA) is 121 Å². The van der Waals surface area contributed by atoms with E-state index in [0.29, 0.717) is 35.9 Å². The predicted molar refractivity (Wildman–Crippen MR) is 139 cm³/mol. The largest absolute Gasteiger partial charge is 0.497 e. The summed E-state index contributed by atoms with van der Waals surface area (Å²) in [5.41, 5.74) is 2.01. The zero-order valence-electron chi connectivity index (χ0n) is 22.4. The Morgan fingerprint density at radius 1 is 1.02 bits per heavy atom. The second kappa shape index (κ2) is 12.2. The molecule has 1 aromatic heterocycles. The third-order valence-corrected chi connectivity index (χ3v) is 6.12. The summed E-state index contributed by atoms with van der Waals surface area (Å²) in [5.74, 6) is -1.14. The molecule has 4 rings (SSSR count). The van der Waals surface area contributed by atoms with Gasteiger partial charge in [0.25, 0.3) is 5.91 Å². The number of benzene rings is 2. The number of halogens is 3. The molecule has 0 aliphatic carbocycles. The van der Waals surface area contributed by atoms with Gasteiger partial charge in [-0.15, -0.1) is 0 Å². The fraction of sp³-hybridized carbons (Fsp3) is 0.321. The maximum absolute atomic E-state index is 12.8. The number of esters is 1. The van der Waals surface area contributed by atoms with E-state index >= 15 is 0 Å². The van der Waals surface area contributed by atoms with Crippen molar-refractivity contribution >= 4 is 17.6 Å². The van der Waals surface area contributed by atoms with Crippen LogP contribution in [0.15, 0.2) is 59.8 Å². The number of aryl methyl sites for hydroxylation is 1. The summed E-state index contributed by atoms with van der Waals surface area (Å²) >= 11 is 0. The highest BCUT2D eigenvalue weighted by molar-refractivity contribution is 6.02. The zero-order valence-corrected chi connectivity index (χ0v) is 22.4. The fourth-order valence-electron chi connectivity index (χ4n) is 3.96. The van der Waals surface area contributed by atoms with Crippen LogP contribution in [0, 0.1) is 6.92 Å². The van der Waals surface area contributed by atoms with Crippen molar-refractivity contribution in [3.05, 3.63) is 82.9 Å². The van der Waals surface area contributed by atoms with E-state index < -0.39 is 24.4 Å². The van der Waals surface area contributed by atoms with E-state index in [0.717, 1.165) is 16.9 Å². The van der Waals surface area contributed by atoms with Crippen molar-refractivity contribution in [1.82, 2.24) is 15.3 Å². The molecule has 216 valence electrons. The second-order valence-corrected chi connectivity index (χ2v) is 9.26. The average Bonchev–Trinajstić information content (AvgIpc) is 3.37. The molecule has 0 saturated heterocycles. The third kappa shape index (κ3) is 7.50. The first-order valence-corrected chi connectivity index (χ1v) is 12.5. The molecule has 0 fully saturated rings. The number of oxime groups is 1. The molecule has 1 N–H and O–H groups in total. The summed E-state index contributed by atoms with van der Waals surface area (Å²) in [4.78, 5) is 38.0. The molecule has 1 atom stereocenters. The Labute approximate surface area is 233 Å². The van der Waals surface area contributed by atoms with Gasteiger partial charge in [-0.05, 0) is 55.3 Å². The van der Waals surface area contributed by atoms with Crippen LogP contribution >= 0.6 is 0 Å². The van der Waals surface area contributed by atoms with Crippen LogP contribution in [-0.4, -0.2) is 54.1 Å². The smallest absolute Gasteiger partial charge is 0.490 e. The minimum Gasteiger partial charge on any atom is -0.497 e. The quantitative estimate of drug-likeness (QED) is 0.283. The van der Waals surface area contributed by atoms with E-state index in [1.165, 1.54) is 0 Å². The van der Waals surface area contributed by atoms with Gasteiger partial charge >= 0.3 is 12.1 Å². The van der Waals surface area contributed by atoms with Crippen LogP contribution in [-0.2, 0) is 26.5 Å². The number of alkyl halides is 3. The van der Waals surface area contributed by atoms with Crippen LogP contribution in [0.1, 0.15) is 46.5 Å². The average molecular weight is 573 g/mol. The number of nitrogens with one attached hydrogen (secondary N) is 1. The van der Waals surface area contributed by atoms with E-state index in [1.54, 1.807) is 44.4 Å². The summed E-state index contributed by atoms with van der Waals surface area (Å²) < 4.78 is 51.2. The van der Waals surface area contributed by atoms with Crippen molar-refractivity contribution in [2.45, 2.75) is 38.6 Å². The van der Waals surface area contributed by atoms with Gasteiger partial charge in [-0.1, -0.05) is 29.4 Å². The van der Waals surface area contributed by atoms with Gasteiger partial charge in [0, 0.05) is 13.0 Å². The Morgan fingerprint density at radius 3 is 2.37 bits per heavy atom. The standard InChI is InChI=1S/C28H27F3N4O6/c1-17-33-22(14-23(34-17)25(36)32-16-18-4-8-20(38-3)9-5-18)24-15-27(2,41-35-24)19-6-10-21(11-7-19)39-12-13-40-26(37)28(29,30)31/h4-11,14H,12-13,15-16H2,1-3H3,(H,32,36). The van der Waals surface area contributed by atoms with Gasteiger partial charge in [-0.3, -0.25) is 4.79 Å². The maximum atomic E-state index is 12.8. The maximum Gasteiger partial charge on any atom is 0.490 e. The molecule has 3 aromatic rings. The number of methoxy groups -OCH3 is 1. The Hall–Kier alpha value is -4.68. The van der Waals surface area contributed by atoms with Gasteiger partial charge < -0.3 is 24.4 Å². The molecule has 1 amide bonds. The van der Waals surface area contributed by atoms with Gasteiger partial charge in [0.2, 0.25) is 0 Å². The van der Waals surface area contributed by atoms with Crippen molar-refractivity contribution in [2.24, 2.45) is 5.16 Å². The molecule has 41 heavy (non-hydrogen) atoms. The highest BCUT2D eigenvalue weighted by atomic mass is 19.4. The number of aromatic nitrogens is 2. The van der Waals surface area contributed by atoms with Gasteiger partial charge in [-0.25, -0.2) is 14.8 Å². The molecule has 1 unspecified atom stereocenters. The molecule has 0 bridgehead atoms. The van der Waals surface area contributed by atoms with Crippen LogP contribution in [0.3, 0.4) is 0 Å². The fourth-order valence-corrected chi connectivity index (χ4v) is 3.96. The van der Waals surface area contributed by atoms with Crippen molar-refractivity contribution in [3.8, 4) is 11.5 Å². The lowest BCUT2D eigenvalue weighted by Crippen LogP contribution is -2.27. The van der Waals surface area contributed by atoms with Crippen LogP contribution in [0.2, 0.25) is 0 Å². The van der Waals surface area contributed by atoms with E-state index in [-0.39, 0.29) is 18.2 Å². The molecule has 10 nitrogen and oxygen atoms in total.